The molecule has 3 aromatic rings. The van der Waals surface area contributed by atoms with Crippen LogP contribution in [0.25, 0.3) is 0 Å². The Balaban J connectivity index is 1.77. The number of halogens is 1. The lowest BCUT2D eigenvalue weighted by atomic mass is 10.1. The number of hydrazine groups is 1. The number of hydrogen-bond acceptors (Lipinski definition) is 4. The quantitative estimate of drug-likeness (QED) is 0.538. The highest BCUT2D eigenvalue weighted by Crippen LogP contribution is 2.26. The summed E-state index contributed by atoms with van der Waals surface area (Å²) < 4.78 is 0. The van der Waals surface area contributed by atoms with Gasteiger partial charge in [0.2, 0.25) is 0 Å². The zero-order valence-electron chi connectivity index (χ0n) is 14.6. The fourth-order valence-corrected chi connectivity index (χ4v) is 3.47. The summed E-state index contributed by atoms with van der Waals surface area (Å²) in [6.07, 6.45) is 0. The molecule has 0 saturated carbocycles. The van der Waals surface area contributed by atoms with Gasteiger partial charge in [-0.05, 0) is 48.2 Å². The van der Waals surface area contributed by atoms with Crippen LogP contribution in [0.4, 0.5) is 5.69 Å². The number of carbonyl (C=O) groups is 2. The molecule has 0 bridgehead atoms. The van der Waals surface area contributed by atoms with Gasteiger partial charge >= 0.3 is 0 Å². The van der Waals surface area contributed by atoms with Crippen molar-refractivity contribution in [1.82, 2.24) is 10.9 Å². The number of rotatable bonds is 6. The number of anilines is 1. The number of carbonyl (C=O) groups excluding carboxylic acids is 2. The van der Waals surface area contributed by atoms with Gasteiger partial charge in [0.05, 0.1) is 11.3 Å². The van der Waals surface area contributed by atoms with E-state index in [1.165, 1.54) is 6.07 Å². The standard InChI is InChI=1S/C20H18ClN3O2S/c1-13-10-15(21)11-17(20(26)24-22-12-16-8-5-9-27-16)18(13)23-19(25)14-6-3-2-4-7-14/h2-11,22H,12H2,1H3,(H,23,25)(H,24,26). The van der Waals surface area contributed by atoms with Gasteiger partial charge in [-0.25, -0.2) is 5.43 Å². The van der Waals surface area contributed by atoms with Crippen LogP contribution < -0.4 is 16.2 Å². The topological polar surface area (TPSA) is 70.2 Å². The summed E-state index contributed by atoms with van der Waals surface area (Å²) >= 11 is 7.72. The second-order valence-electron chi connectivity index (χ2n) is 5.85. The summed E-state index contributed by atoms with van der Waals surface area (Å²) in [5, 5.41) is 5.22. The van der Waals surface area contributed by atoms with Crippen molar-refractivity contribution in [2.45, 2.75) is 13.5 Å². The van der Waals surface area contributed by atoms with E-state index in [9.17, 15) is 9.59 Å². The lowest BCUT2D eigenvalue weighted by Gasteiger charge is -2.15. The smallest absolute Gasteiger partial charge is 0.267 e. The average Bonchev–Trinajstić information content (AvgIpc) is 3.17. The maximum absolute atomic E-state index is 12.6. The van der Waals surface area contributed by atoms with Crippen molar-refractivity contribution < 1.29 is 9.59 Å². The second-order valence-corrected chi connectivity index (χ2v) is 7.32. The summed E-state index contributed by atoms with van der Waals surface area (Å²) in [6.45, 7) is 2.30. The van der Waals surface area contributed by atoms with Crippen molar-refractivity contribution in [3.8, 4) is 0 Å². The maximum Gasteiger partial charge on any atom is 0.267 e. The minimum Gasteiger partial charge on any atom is -0.321 e. The Morgan fingerprint density at radius 1 is 1.04 bits per heavy atom. The van der Waals surface area contributed by atoms with Gasteiger partial charge in [-0.3, -0.25) is 15.0 Å². The Morgan fingerprint density at radius 2 is 1.81 bits per heavy atom. The van der Waals surface area contributed by atoms with Crippen LogP contribution in [0.2, 0.25) is 5.02 Å². The first-order valence-corrected chi connectivity index (χ1v) is 9.52. The van der Waals surface area contributed by atoms with E-state index in [1.54, 1.807) is 48.6 Å². The first-order chi connectivity index (χ1) is 13.0. The predicted octanol–water partition coefficient (Wildman–Crippen LogP) is 4.40. The second kappa shape index (κ2) is 8.81. The van der Waals surface area contributed by atoms with Gasteiger partial charge in [0, 0.05) is 22.0 Å². The molecule has 0 unspecified atom stereocenters. The largest absolute Gasteiger partial charge is 0.321 e. The molecule has 2 amide bonds. The van der Waals surface area contributed by atoms with Crippen LogP contribution in [0.15, 0.2) is 60.0 Å². The molecule has 27 heavy (non-hydrogen) atoms. The van der Waals surface area contributed by atoms with Crippen LogP contribution in [0.1, 0.15) is 31.2 Å². The van der Waals surface area contributed by atoms with E-state index < -0.39 is 0 Å². The molecule has 138 valence electrons. The highest BCUT2D eigenvalue weighted by atomic mass is 35.5. The Labute approximate surface area is 166 Å². The molecule has 3 N–H and O–H groups in total. The van der Waals surface area contributed by atoms with Gasteiger partial charge in [-0.15, -0.1) is 11.3 Å². The fourth-order valence-electron chi connectivity index (χ4n) is 2.56. The number of thiophene rings is 1. The molecule has 0 spiro atoms. The van der Waals surface area contributed by atoms with Gasteiger partial charge in [0.25, 0.3) is 11.8 Å². The van der Waals surface area contributed by atoms with E-state index in [-0.39, 0.29) is 11.8 Å². The summed E-state index contributed by atoms with van der Waals surface area (Å²) in [5.74, 6) is -0.665. The van der Waals surface area contributed by atoms with E-state index in [1.807, 2.05) is 23.6 Å². The lowest BCUT2D eigenvalue weighted by Crippen LogP contribution is -2.37. The molecule has 0 saturated heterocycles. The number of hydrogen-bond donors (Lipinski definition) is 3. The molecule has 0 aliphatic heterocycles. The average molecular weight is 400 g/mol. The normalized spacial score (nSPS) is 10.4. The molecule has 7 heteroatoms. The van der Waals surface area contributed by atoms with E-state index in [4.69, 9.17) is 11.6 Å². The van der Waals surface area contributed by atoms with Crippen molar-refractivity contribution in [3.63, 3.8) is 0 Å². The predicted molar refractivity (Wildman–Crippen MR) is 109 cm³/mol. The highest BCUT2D eigenvalue weighted by molar-refractivity contribution is 7.09. The van der Waals surface area contributed by atoms with Crippen molar-refractivity contribution in [2.75, 3.05) is 5.32 Å². The van der Waals surface area contributed by atoms with Gasteiger partial charge in [-0.1, -0.05) is 35.9 Å². The van der Waals surface area contributed by atoms with Crippen LogP contribution in [0.5, 0.6) is 0 Å². The maximum atomic E-state index is 12.6. The van der Waals surface area contributed by atoms with Crippen LogP contribution in [0.3, 0.4) is 0 Å². The van der Waals surface area contributed by atoms with Crippen molar-refractivity contribution in [3.05, 3.63) is 86.6 Å². The van der Waals surface area contributed by atoms with Crippen LogP contribution in [-0.2, 0) is 6.54 Å². The third-order valence-electron chi connectivity index (χ3n) is 3.86. The number of aryl methyl sites for hydroxylation is 1. The molecule has 0 aliphatic rings. The minimum atomic E-state index is -0.375. The van der Waals surface area contributed by atoms with E-state index in [0.717, 1.165) is 4.88 Å². The third-order valence-corrected chi connectivity index (χ3v) is 4.96. The zero-order chi connectivity index (χ0) is 19.2. The molecule has 0 radical (unpaired) electrons. The monoisotopic (exact) mass is 399 g/mol. The van der Waals surface area contributed by atoms with Gasteiger partial charge in [-0.2, -0.15) is 0 Å². The van der Waals surface area contributed by atoms with Gasteiger partial charge in [0.1, 0.15) is 0 Å². The molecule has 0 atom stereocenters. The van der Waals surface area contributed by atoms with E-state index in [2.05, 4.69) is 16.2 Å². The Morgan fingerprint density at radius 3 is 2.52 bits per heavy atom. The Kier molecular flexibility index (Phi) is 6.24. The Bertz CT molecular complexity index is 943. The minimum absolute atomic E-state index is 0.290. The Hall–Kier alpha value is -2.67. The highest BCUT2D eigenvalue weighted by Gasteiger charge is 2.17. The molecule has 3 rings (SSSR count). The lowest BCUT2D eigenvalue weighted by molar-refractivity contribution is 0.0933. The molecule has 0 aliphatic carbocycles. The molecule has 2 aromatic carbocycles. The zero-order valence-corrected chi connectivity index (χ0v) is 16.2. The number of amides is 2. The van der Waals surface area contributed by atoms with Gasteiger partial charge in [0.15, 0.2) is 0 Å². The van der Waals surface area contributed by atoms with E-state index >= 15 is 0 Å². The first kappa shape index (κ1) is 19.1. The molecular weight excluding hydrogens is 382 g/mol. The van der Waals surface area contributed by atoms with Crippen molar-refractivity contribution >= 4 is 40.4 Å². The summed E-state index contributed by atoms with van der Waals surface area (Å²) in [6, 6.07) is 16.0. The van der Waals surface area contributed by atoms with E-state index in [0.29, 0.717) is 33.9 Å². The SMILES string of the molecule is Cc1cc(Cl)cc(C(=O)NNCc2cccs2)c1NC(=O)c1ccccc1. The van der Waals surface area contributed by atoms with Crippen molar-refractivity contribution in [1.29, 1.82) is 0 Å². The number of nitrogens with one attached hydrogen (secondary N) is 3. The molecular formula is C20H18ClN3O2S. The van der Waals surface area contributed by atoms with Crippen LogP contribution >= 0.6 is 22.9 Å². The van der Waals surface area contributed by atoms with Crippen LogP contribution in [-0.4, -0.2) is 11.8 Å². The fraction of sp³-hybridized carbons (Fsp3) is 0.100. The van der Waals surface area contributed by atoms with Crippen molar-refractivity contribution in [2.24, 2.45) is 0 Å². The molecule has 1 heterocycles. The third kappa shape index (κ3) is 4.95. The summed E-state index contributed by atoms with van der Waals surface area (Å²) in [4.78, 5) is 26.2. The molecule has 0 fully saturated rings. The number of benzene rings is 2. The molecule has 5 nitrogen and oxygen atoms in total. The summed E-state index contributed by atoms with van der Waals surface area (Å²) in [5.41, 5.74) is 7.49. The first-order valence-electron chi connectivity index (χ1n) is 8.26. The van der Waals surface area contributed by atoms with Gasteiger partial charge < -0.3 is 5.32 Å². The summed E-state index contributed by atoms with van der Waals surface area (Å²) in [7, 11) is 0. The molecule has 1 aromatic heterocycles. The van der Waals surface area contributed by atoms with Crippen LogP contribution in [0, 0.1) is 6.92 Å².